The van der Waals surface area contributed by atoms with E-state index < -0.39 is 0 Å². The Morgan fingerprint density at radius 3 is 2.85 bits per heavy atom. The molecule has 6 heteroatoms. The molecule has 1 unspecified atom stereocenters. The lowest BCUT2D eigenvalue weighted by molar-refractivity contribution is -0.137. The van der Waals surface area contributed by atoms with Crippen molar-refractivity contribution >= 4 is 23.6 Å². The SMILES string of the molecule is COC(=O)CSC1CCN(C(=O)c2cc(C)oc2C)C1. The molecule has 0 saturated carbocycles. The Hall–Kier alpha value is -1.43. The number of aryl methyl sites for hydroxylation is 2. The molecule has 0 aromatic carbocycles. The number of furan rings is 1. The molecule has 2 rings (SSSR count). The van der Waals surface area contributed by atoms with E-state index in [2.05, 4.69) is 4.74 Å². The average Bonchev–Trinajstić information content (AvgIpc) is 3.01. The van der Waals surface area contributed by atoms with Crippen molar-refractivity contribution in [3.05, 3.63) is 23.2 Å². The van der Waals surface area contributed by atoms with Crippen LogP contribution in [-0.4, -0.2) is 48.0 Å². The molecule has 0 bridgehead atoms. The molecule has 1 fully saturated rings. The summed E-state index contributed by atoms with van der Waals surface area (Å²) < 4.78 is 10.0. The Balaban J connectivity index is 1.91. The number of carbonyl (C=O) groups is 2. The van der Waals surface area contributed by atoms with E-state index in [0.717, 1.165) is 18.7 Å². The topological polar surface area (TPSA) is 59.8 Å². The highest BCUT2D eigenvalue weighted by molar-refractivity contribution is 8.00. The molecular weight excluding hydrogens is 278 g/mol. The minimum absolute atomic E-state index is 0.0144. The number of rotatable bonds is 4. The van der Waals surface area contributed by atoms with Crippen molar-refractivity contribution in [3.63, 3.8) is 0 Å². The molecule has 0 N–H and O–H groups in total. The summed E-state index contributed by atoms with van der Waals surface area (Å²) >= 11 is 1.55. The van der Waals surface area contributed by atoms with Gasteiger partial charge in [0.1, 0.15) is 11.5 Å². The summed E-state index contributed by atoms with van der Waals surface area (Å²) in [5.41, 5.74) is 0.640. The van der Waals surface area contributed by atoms with E-state index in [1.807, 2.05) is 11.8 Å². The van der Waals surface area contributed by atoms with Gasteiger partial charge in [-0.3, -0.25) is 9.59 Å². The molecule has 20 heavy (non-hydrogen) atoms. The third-order valence-electron chi connectivity index (χ3n) is 3.37. The number of nitrogens with zero attached hydrogens (tertiary/aromatic N) is 1. The molecule has 5 nitrogen and oxygen atoms in total. The summed E-state index contributed by atoms with van der Waals surface area (Å²) in [7, 11) is 1.39. The maximum atomic E-state index is 12.4. The van der Waals surface area contributed by atoms with Crippen LogP contribution in [0.5, 0.6) is 0 Å². The van der Waals surface area contributed by atoms with Crippen LogP contribution >= 0.6 is 11.8 Å². The molecule has 1 aliphatic heterocycles. The summed E-state index contributed by atoms with van der Waals surface area (Å²) in [4.78, 5) is 25.3. The number of esters is 1. The number of amides is 1. The highest BCUT2D eigenvalue weighted by Gasteiger charge is 2.29. The van der Waals surface area contributed by atoms with Crippen LogP contribution in [-0.2, 0) is 9.53 Å². The lowest BCUT2D eigenvalue weighted by Crippen LogP contribution is -2.29. The van der Waals surface area contributed by atoms with Gasteiger partial charge in [0.2, 0.25) is 0 Å². The van der Waals surface area contributed by atoms with Crippen LogP contribution < -0.4 is 0 Å². The van der Waals surface area contributed by atoms with E-state index in [9.17, 15) is 9.59 Å². The van der Waals surface area contributed by atoms with Gasteiger partial charge >= 0.3 is 5.97 Å². The zero-order valence-corrected chi connectivity index (χ0v) is 12.8. The van der Waals surface area contributed by atoms with Crippen molar-refractivity contribution in [1.29, 1.82) is 0 Å². The molecular formula is C14H19NO4S. The maximum Gasteiger partial charge on any atom is 0.315 e. The van der Waals surface area contributed by atoms with Crippen LogP contribution in [0.25, 0.3) is 0 Å². The first-order valence-corrected chi connectivity index (χ1v) is 7.61. The van der Waals surface area contributed by atoms with Crippen molar-refractivity contribution in [2.75, 3.05) is 26.0 Å². The fourth-order valence-electron chi connectivity index (χ4n) is 2.31. The fourth-order valence-corrected chi connectivity index (χ4v) is 3.35. The molecule has 1 atom stereocenters. The van der Waals surface area contributed by atoms with Gasteiger partial charge in [-0.05, 0) is 26.3 Å². The zero-order valence-electron chi connectivity index (χ0n) is 12.0. The predicted octanol–water partition coefficient (Wildman–Crippen LogP) is 2.02. The van der Waals surface area contributed by atoms with Gasteiger partial charge in [0, 0.05) is 18.3 Å². The zero-order chi connectivity index (χ0) is 14.7. The van der Waals surface area contributed by atoms with Gasteiger partial charge in [0.25, 0.3) is 5.91 Å². The van der Waals surface area contributed by atoms with Crippen molar-refractivity contribution in [2.45, 2.75) is 25.5 Å². The van der Waals surface area contributed by atoms with E-state index in [1.54, 1.807) is 24.8 Å². The first-order chi connectivity index (χ1) is 9.51. The molecule has 1 saturated heterocycles. The molecule has 1 aliphatic rings. The van der Waals surface area contributed by atoms with Gasteiger partial charge in [-0.1, -0.05) is 0 Å². The Labute approximate surface area is 122 Å². The molecule has 0 radical (unpaired) electrons. The molecule has 2 heterocycles. The smallest absolute Gasteiger partial charge is 0.315 e. The predicted molar refractivity (Wildman–Crippen MR) is 77.0 cm³/mol. The Morgan fingerprint density at radius 1 is 1.50 bits per heavy atom. The van der Waals surface area contributed by atoms with Gasteiger partial charge in [-0.15, -0.1) is 11.8 Å². The lowest BCUT2D eigenvalue weighted by Gasteiger charge is -2.15. The van der Waals surface area contributed by atoms with E-state index >= 15 is 0 Å². The maximum absolute atomic E-state index is 12.4. The number of thioether (sulfide) groups is 1. The molecule has 0 aliphatic carbocycles. The Kier molecular flexibility index (Phi) is 4.75. The van der Waals surface area contributed by atoms with Crippen LogP contribution in [0.2, 0.25) is 0 Å². The molecule has 1 amide bonds. The van der Waals surface area contributed by atoms with Crippen molar-refractivity contribution < 1.29 is 18.7 Å². The number of methoxy groups -OCH3 is 1. The number of likely N-dealkylation sites (tertiary alicyclic amines) is 1. The van der Waals surface area contributed by atoms with Gasteiger partial charge in [0.15, 0.2) is 0 Å². The van der Waals surface area contributed by atoms with Gasteiger partial charge < -0.3 is 14.1 Å². The number of hydrogen-bond acceptors (Lipinski definition) is 5. The number of hydrogen-bond donors (Lipinski definition) is 0. The summed E-state index contributed by atoms with van der Waals surface area (Å²) in [5, 5.41) is 0.298. The monoisotopic (exact) mass is 297 g/mol. The Bertz CT molecular complexity index is 511. The van der Waals surface area contributed by atoms with E-state index in [1.165, 1.54) is 7.11 Å². The third-order valence-corrected chi connectivity index (χ3v) is 4.63. The standard InChI is InChI=1S/C14H19NO4S/c1-9-6-12(10(2)19-9)14(17)15-5-4-11(7-15)20-8-13(16)18-3/h6,11H,4-5,7-8H2,1-3H3. The van der Waals surface area contributed by atoms with Gasteiger partial charge in [-0.25, -0.2) is 0 Å². The quantitative estimate of drug-likeness (QED) is 0.796. The van der Waals surface area contributed by atoms with Crippen LogP contribution in [0.4, 0.5) is 0 Å². The van der Waals surface area contributed by atoms with Crippen molar-refractivity contribution in [3.8, 4) is 0 Å². The van der Waals surface area contributed by atoms with Crippen molar-refractivity contribution in [1.82, 2.24) is 4.90 Å². The van der Waals surface area contributed by atoms with E-state index in [0.29, 0.717) is 28.9 Å². The Morgan fingerprint density at radius 2 is 2.25 bits per heavy atom. The van der Waals surface area contributed by atoms with Crippen molar-refractivity contribution in [2.24, 2.45) is 0 Å². The van der Waals surface area contributed by atoms with Crippen LogP contribution in [0.1, 0.15) is 28.3 Å². The molecule has 110 valence electrons. The van der Waals surface area contributed by atoms with Gasteiger partial charge in [0.05, 0.1) is 18.4 Å². The second-order valence-corrected chi connectivity index (χ2v) is 6.16. The summed E-state index contributed by atoms with van der Waals surface area (Å²) in [6, 6.07) is 1.78. The van der Waals surface area contributed by atoms with Crippen LogP contribution in [0, 0.1) is 13.8 Å². The molecule has 0 spiro atoms. The first kappa shape index (κ1) is 15.0. The molecule has 1 aromatic heterocycles. The second kappa shape index (κ2) is 6.35. The average molecular weight is 297 g/mol. The second-order valence-electron chi connectivity index (χ2n) is 4.88. The third kappa shape index (κ3) is 3.36. The van der Waals surface area contributed by atoms with E-state index in [4.69, 9.17) is 4.42 Å². The van der Waals surface area contributed by atoms with E-state index in [-0.39, 0.29) is 11.9 Å². The number of carbonyl (C=O) groups excluding carboxylic acids is 2. The summed E-state index contributed by atoms with van der Waals surface area (Å²) in [5.74, 6) is 1.55. The summed E-state index contributed by atoms with van der Waals surface area (Å²) in [6.07, 6.45) is 0.906. The number of ether oxygens (including phenoxy) is 1. The normalized spacial score (nSPS) is 18.4. The lowest BCUT2D eigenvalue weighted by atomic mass is 10.2. The molecule has 1 aromatic rings. The highest BCUT2D eigenvalue weighted by atomic mass is 32.2. The minimum atomic E-state index is -0.221. The minimum Gasteiger partial charge on any atom is -0.468 e. The van der Waals surface area contributed by atoms with Crippen LogP contribution in [0.15, 0.2) is 10.5 Å². The largest absolute Gasteiger partial charge is 0.468 e. The summed E-state index contributed by atoms with van der Waals surface area (Å²) in [6.45, 7) is 5.04. The first-order valence-electron chi connectivity index (χ1n) is 6.56. The highest BCUT2D eigenvalue weighted by Crippen LogP contribution is 2.25. The van der Waals surface area contributed by atoms with Crippen LogP contribution in [0.3, 0.4) is 0 Å². The van der Waals surface area contributed by atoms with Gasteiger partial charge in [-0.2, -0.15) is 0 Å². The fraction of sp³-hybridized carbons (Fsp3) is 0.571.